The molecule has 0 bridgehead atoms. The van der Waals surface area contributed by atoms with Crippen LogP contribution in [0.1, 0.15) is 31.7 Å². The SMILES string of the molecule is C[C@H](CCc1cccc(F)c1)N1CCC(O)CC1. The van der Waals surface area contributed by atoms with E-state index in [1.807, 2.05) is 6.07 Å². The number of benzene rings is 1. The molecule has 100 valence electrons. The molecule has 1 aromatic rings. The van der Waals surface area contributed by atoms with Crippen LogP contribution in [0.4, 0.5) is 4.39 Å². The number of hydrogen-bond donors (Lipinski definition) is 1. The van der Waals surface area contributed by atoms with Crippen molar-refractivity contribution in [1.82, 2.24) is 4.90 Å². The summed E-state index contributed by atoms with van der Waals surface area (Å²) in [4.78, 5) is 2.42. The lowest BCUT2D eigenvalue weighted by molar-refractivity contribution is 0.0628. The summed E-state index contributed by atoms with van der Waals surface area (Å²) in [5, 5.41) is 9.48. The van der Waals surface area contributed by atoms with E-state index < -0.39 is 0 Å². The van der Waals surface area contributed by atoms with Crippen LogP contribution in [0.2, 0.25) is 0 Å². The molecule has 0 saturated carbocycles. The van der Waals surface area contributed by atoms with Gasteiger partial charge in [0.2, 0.25) is 0 Å². The zero-order chi connectivity index (χ0) is 13.0. The smallest absolute Gasteiger partial charge is 0.123 e. The topological polar surface area (TPSA) is 23.5 Å². The summed E-state index contributed by atoms with van der Waals surface area (Å²) < 4.78 is 13.1. The molecule has 2 rings (SSSR count). The first-order chi connectivity index (χ1) is 8.65. The number of hydrogen-bond acceptors (Lipinski definition) is 2. The molecule has 1 fully saturated rings. The fourth-order valence-corrected chi connectivity index (χ4v) is 2.58. The van der Waals surface area contributed by atoms with Crippen LogP contribution in [0.5, 0.6) is 0 Å². The van der Waals surface area contributed by atoms with Crippen LogP contribution in [0, 0.1) is 5.82 Å². The molecule has 0 aliphatic carbocycles. The van der Waals surface area contributed by atoms with E-state index in [9.17, 15) is 9.50 Å². The van der Waals surface area contributed by atoms with Gasteiger partial charge < -0.3 is 10.0 Å². The number of piperidine rings is 1. The molecule has 1 aliphatic rings. The van der Waals surface area contributed by atoms with Gasteiger partial charge in [0.1, 0.15) is 5.82 Å². The first-order valence-electron chi connectivity index (χ1n) is 6.81. The lowest BCUT2D eigenvalue weighted by Crippen LogP contribution is -2.41. The van der Waals surface area contributed by atoms with E-state index in [1.54, 1.807) is 12.1 Å². The molecule has 1 heterocycles. The summed E-state index contributed by atoms with van der Waals surface area (Å²) in [6.07, 6.45) is 3.60. The first kappa shape index (κ1) is 13.5. The largest absolute Gasteiger partial charge is 0.393 e. The van der Waals surface area contributed by atoms with Gasteiger partial charge in [0.05, 0.1) is 6.10 Å². The van der Waals surface area contributed by atoms with E-state index in [2.05, 4.69) is 11.8 Å². The third kappa shape index (κ3) is 3.79. The fraction of sp³-hybridized carbons (Fsp3) is 0.600. The summed E-state index contributed by atoms with van der Waals surface area (Å²) >= 11 is 0. The number of aryl methyl sites for hydroxylation is 1. The normalized spacial score (nSPS) is 19.9. The summed E-state index contributed by atoms with van der Waals surface area (Å²) in [5.41, 5.74) is 1.07. The second-order valence-electron chi connectivity index (χ2n) is 5.28. The van der Waals surface area contributed by atoms with E-state index in [0.717, 1.165) is 44.3 Å². The summed E-state index contributed by atoms with van der Waals surface area (Å²) in [6.45, 7) is 4.17. The standard InChI is InChI=1S/C15H22FNO/c1-12(17-9-7-15(18)8-10-17)5-6-13-3-2-4-14(16)11-13/h2-4,11-12,15,18H,5-10H2,1H3/t12-/m1/s1. The molecule has 0 unspecified atom stereocenters. The maximum absolute atomic E-state index is 13.1. The second-order valence-corrected chi connectivity index (χ2v) is 5.28. The molecule has 1 saturated heterocycles. The average molecular weight is 251 g/mol. The van der Waals surface area contributed by atoms with Crippen molar-refractivity contribution in [3.8, 4) is 0 Å². The Kier molecular flexibility index (Phi) is 4.72. The van der Waals surface area contributed by atoms with Gasteiger partial charge >= 0.3 is 0 Å². The van der Waals surface area contributed by atoms with Crippen LogP contribution in [-0.4, -0.2) is 35.2 Å². The zero-order valence-corrected chi connectivity index (χ0v) is 11.0. The number of aliphatic hydroxyl groups is 1. The quantitative estimate of drug-likeness (QED) is 0.889. The molecule has 1 N–H and O–H groups in total. The van der Waals surface area contributed by atoms with Crippen molar-refractivity contribution >= 4 is 0 Å². The van der Waals surface area contributed by atoms with Crippen molar-refractivity contribution in [2.45, 2.75) is 44.8 Å². The molecule has 0 spiro atoms. The lowest BCUT2D eigenvalue weighted by atomic mass is 10.0. The molecule has 1 aromatic carbocycles. The lowest BCUT2D eigenvalue weighted by Gasteiger charge is -2.34. The Morgan fingerprint density at radius 1 is 1.39 bits per heavy atom. The number of halogens is 1. The highest BCUT2D eigenvalue weighted by Gasteiger charge is 2.20. The molecule has 2 nitrogen and oxygen atoms in total. The number of aliphatic hydroxyl groups excluding tert-OH is 1. The van der Waals surface area contributed by atoms with Gasteiger partial charge in [0, 0.05) is 19.1 Å². The van der Waals surface area contributed by atoms with Crippen molar-refractivity contribution in [1.29, 1.82) is 0 Å². The van der Waals surface area contributed by atoms with Gasteiger partial charge in [-0.3, -0.25) is 0 Å². The Balaban J connectivity index is 1.79. The molecule has 1 aliphatic heterocycles. The second kappa shape index (κ2) is 6.30. The Morgan fingerprint density at radius 3 is 2.78 bits per heavy atom. The zero-order valence-electron chi connectivity index (χ0n) is 11.0. The molecule has 0 aromatic heterocycles. The van der Waals surface area contributed by atoms with Gasteiger partial charge in [0.15, 0.2) is 0 Å². The first-order valence-corrected chi connectivity index (χ1v) is 6.81. The van der Waals surface area contributed by atoms with Crippen molar-refractivity contribution in [3.63, 3.8) is 0 Å². The third-order valence-electron chi connectivity index (χ3n) is 3.86. The minimum absolute atomic E-state index is 0.114. The van der Waals surface area contributed by atoms with Crippen LogP contribution in [0.25, 0.3) is 0 Å². The van der Waals surface area contributed by atoms with Crippen molar-refractivity contribution in [2.24, 2.45) is 0 Å². The number of rotatable bonds is 4. The molecular weight excluding hydrogens is 229 g/mol. The predicted molar refractivity (Wildman–Crippen MR) is 71.0 cm³/mol. The van der Waals surface area contributed by atoms with Crippen molar-refractivity contribution < 1.29 is 9.50 Å². The predicted octanol–water partition coefficient (Wildman–Crippen LogP) is 2.60. The highest BCUT2D eigenvalue weighted by Crippen LogP contribution is 2.16. The molecule has 0 amide bonds. The molecule has 18 heavy (non-hydrogen) atoms. The van der Waals surface area contributed by atoms with Crippen LogP contribution in [0.15, 0.2) is 24.3 Å². The van der Waals surface area contributed by atoms with E-state index in [-0.39, 0.29) is 11.9 Å². The van der Waals surface area contributed by atoms with E-state index in [1.165, 1.54) is 6.07 Å². The molecule has 1 atom stereocenters. The van der Waals surface area contributed by atoms with E-state index >= 15 is 0 Å². The van der Waals surface area contributed by atoms with Crippen molar-refractivity contribution in [2.75, 3.05) is 13.1 Å². The average Bonchev–Trinajstić information content (AvgIpc) is 2.37. The van der Waals surface area contributed by atoms with E-state index in [4.69, 9.17) is 0 Å². The molecular formula is C15H22FNO. The Bertz CT molecular complexity index is 375. The van der Waals surface area contributed by atoms with E-state index in [0.29, 0.717) is 6.04 Å². The van der Waals surface area contributed by atoms with Gasteiger partial charge in [-0.15, -0.1) is 0 Å². The Labute approximate surface area is 108 Å². The third-order valence-corrected chi connectivity index (χ3v) is 3.86. The summed E-state index contributed by atoms with van der Waals surface area (Å²) in [6, 6.07) is 7.36. The molecule has 3 heteroatoms. The fourth-order valence-electron chi connectivity index (χ4n) is 2.58. The van der Waals surface area contributed by atoms with Crippen LogP contribution >= 0.6 is 0 Å². The molecule has 0 radical (unpaired) electrons. The minimum Gasteiger partial charge on any atom is -0.393 e. The maximum atomic E-state index is 13.1. The highest BCUT2D eigenvalue weighted by molar-refractivity contribution is 5.16. The van der Waals surface area contributed by atoms with Crippen LogP contribution in [-0.2, 0) is 6.42 Å². The van der Waals surface area contributed by atoms with Gasteiger partial charge in [-0.2, -0.15) is 0 Å². The van der Waals surface area contributed by atoms with Gasteiger partial charge in [-0.1, -0.05) is 12.1 Å². The number of likely N-dealkylation sites (tertiary alicyclic amines) is 1. The number of nitrogens with zero attached hydrogens (tertiary/aromatic N) is 1. The van der Waals surface area contributed by atoms with Gasteiger partial charge in [-0.25, -0.2) is 4.39 Å². The Hall–Kier alpha value is -0.930. The van der Waals surface area contributed by atoms with Crippen molar-refractivity contribution in [3.05, 3.63) is 35.6 Å². The summed E-state index contributed by atoms with van der Waals surface area (Å²) in [7, 11) is 0. The monoisotopic (exact) mass is 251 g/mol. The van der Waals surface area contributed by atoms with Gasteiger partial charge in [-0.05, 0) is 50.3 Å². The van der Waals surface area contributed by atoms with Crippen LogP contribution in [0.3, 0.4) is 0 Å². The van der Waals surface area contributed by atoms with Gasteiger partial charge in [0.25, 0.3) is 0 Å². The van der Waals surface area contributed by atoms with Crippen LogP contribution < -0.4 is 0 Å². The Morgan fingerprint density at radius 2 is 2.11 bits per heavy atom. The maximum Gasteiger partial charge on any atom is 0.123 e. The minimum atomic E-state index is -0.152. The highest BCUT2D eigenvalue weighted by atomic mass is 19.1. The summed E-state index contributed by atoms with van der Waals surface area (Å²) in [5.74, 6) is -0.152.